The zero-order chi connectivity index (χ0) is 21.8. The van der Waals surface area contributed by atoms with Gasteiger partial charge in [0.15, 0.2) is 0 Å². The minimum atomic E-state index is 0.414. The maximum Gasteiger partial charge on any atom is 0.248 e. The van der Waals surface area contributed by atoms with E-state index >= 15 is 0 Å². The Kier molecular flexibility index (Phi) is 5.29. The molecule has 1 aromatic heterocycles. The van der Waals surface area contributed by atoms with Gasteiger partial charge in [0, 0.05) is 33.8 Å². The summed E-state index contributed by atoms with van der Waals surface area (Å²) >= 11 is 0. The van der Waals surface area contributed by atoms with Crippen LogP contribution in [0.3, 0.4) is 0 Å². The van der Waals surface area contributed by atoms with Gasteiger partial charge in [-0.25, -0.2) is 0 Å². The van der Waals surface area contributed by atoms with Crippen LogP contribution in [-0.2, 0) is 0 Å². The fraction of sp³-hybridized carbons (Fsp3) is 0. The lowest BCUT2D eigenvalue weighted by Gasteiger charge is -2.25. The highest BCUT2D eigenvalue weighted by Gasteiger charge is 2.14. The van der Waals surface area contributed by atoms with E-state index in [1.807, 2.05) is 60.7 Å². The number of aromatic nitrogens is 2. The fourth-order valence-electron chi connectivity index (χ4n) is 3.52. The van der Waals surface area contributed by atoms with E-state index in [0.29, 0.717) is 17.3 Å². The van der Waals surface area contributed by atoms with Crippen molar-refractivity contribution in [3.05, 3.63) is 115 Å². The van der Waals surface area contributed by atoms with Crippen molar-refractivity contribution >= 4 is 23.3 Å². The molecule has 5 rings (SSSR count). The largest absolute Gasteiger partial charge is 0.416 e. The van der Waals surface area contributed by atoms with E-state index < -0.39 is 0 Å². The molecule has 0 aliphatic heterocycles. The standard InChI is InChI=1S/C27H19N3O2/c31-19-20-11-13-21(14-12-20)26-28-29-27(32-26)22-15-17-25(18-16-22)30(23-7-3-1-4-8-23)24-9-5-2-6-10-24/h1-19H. The van der Waals surface area contributed by atoms with Crippen molar-refractivity contribution in [2.24, 2.45) is 0 Å². The zero-order valence-corrected chi connectivity index (χ0v) is 17.1. The second kappa shape index (κ2) is 8.70. The van der Waals surface area contributed by atoms with Gasteiger partial charge in [0.2, 0.25) is 11.8 Å². The predicted molar refractivity (Wildman–Crippen MR) is 125 cm³/mol. The van der Waals surface area contributed by atoms with Crippen LogP contribution in [-0.4, -0.2) is 16.5 Å². The molecule has 154 valence electrons. The molecule has 0 bridgehead atoms. The molecule has 0 N–H and O–H groups in total. The summed E-state index contributed by atoms with van der Waals surface area (Å²) in [5.41, 5.74) is 5.37. The molecule has 0 aliphatic carbocycles. The molecule has 5 nitrogen and oxygen atoms in total. The number of aldehydes is 1. The molecular weight excluding hydrogens is 398 g/mol. The van der Waals surface area contributed by atoms with E-state index in [4.69, 9.17) is 4.42 Å². The summed E-state index contributed by atoms with van der Waals surface area (Å²) in [6, 6.07) is 35.5. The Balaban J connectivity index is 1.45. The summed E-state index contributed by atoms with van der Waals surface area (Å²) in [6.07, 6.45) is 0.804. The molecule has 32 heavy (non-hydrogen) atoms. The first-order valence-corrected chi connectivity index (χ1v) is 10.2. The summed E-state index contributed by atoms with van der Waals surface area (Å²) in [5.74, 6) is 0.855. The third kappa shape index (κ3) is 3.91. The number of anilines is 3. The number of hydrogen-bond acceptors (Lipinski definition) is 5. The third-order valence-electron chi connectivity index (χ3n) is 5.12. The summed E-state index contributed by atoms with van der Waals surface area (Å²) in [7, 11) is 0. The fourth-order valence-corrected chi connectivity index (χ4v) is 3.52. The molecule has 0 spiro atoms. The Morgan fingerprint density at radius 3 is 1.47 bits per heavy atom. The molecule has 0 radical (unpaired) electrons. The van der Waals surface area contributed by atoms with Crippen LogP contribution in [0.2, 0.25) is 0 Å². The van der Waals surface area contributed by atoms with Gasteiger partial charge >= 0.3 is 0 Å². The number of carbonyl (C=O) groups excluding carboxylic acids is 1. The molecule has 0 amide bonds. The average molecular weight is 417 g/mol. The molecule has 5 aromatic rings. The van der Waals surface area contributed by atoms with Gasteiger partial charge in [-0.1, -0.05) is 48.5 Å². The van der Waals surface area contributed by atoms with Crippen LogP contribution < -0.4 is 4.90 Å². The van der Waals surface area contributed by atoms with Gasteiger partial charge in [-0.3, -0.25) is 4.79 Å². The zero-order valence-electron chi connectivity index (χ0n) is 17.1. The SMILES string of the molecule is O=Cc1ccc(-c2nnc(-c3ccc(N(c4ccccc4)c4ccccc4)cc3)o2)cc1. The number of benzene rings is 4. The third-order valence-corrected chi connectivity index (χ3v) is 5.12. The highest BCUT2D eigenvalue weighted by atomic mass is 16.4. The van der Waals surface area contributed by atoms with Crippen molar-refractivity contribution in [2.75, 3.05) is 4.90 Å². The van der Waals surface area contributed by atoms with Crippen molar-refractivity contribution in [1.29, 1.82) is 0 Å². The minimum absolute atomic E-state index is 0.414. The van der Waals surface area contributed by atoms with Crippen LogP contribution in [0.4, 0.5) is 17.1 Å². The normalized spacial score (nSPS) is 10.6. The predicted octanol–water partition coefficient (Wildman–Crippen LogP) is 6.69. The van der Waals surface area contributed by atoms with Gasteiger partial charge in [-0.2, -0.15) is 0 Å². The van der Waals surface area contributed by atoms with Gasteiger partial charge in [0.1, 0.15) is 6.29 Å². The number of para-hydroxylation sites is 2. The maximum absolute atomic E-state index is 10.8. The molecule has 0 unspecified atom stereocenters. The van der Waals surface area contributed by atoms with Gasteiger partial charge in [-0.05, 0) is 60.7 Å². The van der Waals surface area contributed by atoms with Crippen LogP contribution in [0.15, 0.2) is 114 Å². The summed E-state index contributed by atoms with van der Waals surface area (Å²) < 4.78 is 5.87. The number of carbonyl (C=O) groups is 1. The lowest BCUT2D eigenvalue weighted by molar-refractivity contribution is 0.112. The van der Waals surface area contributed by atoms with Crippen molar-refractivity contribution in [3.8, 4) is 22.9 Å². The molecule has 0 aliphatic rings. The second-order valence-corrected chi connectivity index (χ2v) is 7.21. The topological polar surface area (TPSA) is 59.2 Å². The van der Waals surface area contributed by atoms with Gasteiger partial charge in [-0.15, -0.1) is 10.2 Å². The van der Waals surface area contributed by atoms with E-state index in [2.05, 4.69) is 39.4 Å². The molecule has 4 aromatic carbocycles. The summed E-state index contributed by atoms with van der Waals surface area (Å²) in [5, 5.41) is 8.35. The molecular formula is C27H19N3O2. The second-order valence-electron chi connectivity index (χ2n) is 7.21. The van der Waals surface area contributed by atoms with Crippen LogP contribution >= 0.6 is 0 Å². The van der Waals surface area contributed by atoms with Gasteiger partial charge < -0.3 is 9.32 Å². The van der Waals surface area contributed by atoms with E-state index in [-0.39, 0.29) is 0 Å². The van der Waals surface area contributed by atoms with Crippen LogP contribution in [0.1, 0.15) is 10.4 Å². The van der Waals surface area contributed by atoms with Crippen molar-refractivity contribution < 1.29 is 9.21 Å². The summed E-state index contributed by atoms with van der Waals surface area (Å²) in [6.45, 7) is 0. The lowest BCUT2D eigenvalue weighted by Crippen LogP contribution is -2.09. The number of nitrogens with zero attached hydrogens (tertiary/aromatic N) is 3. The molecule has 0 saturated heterocycles. The van der Waals surface area contributed by atoms with Crippen LogP contribution in [0.5, 0.6) is 0 Å². The number of rotatable bonds is 6. The highest BCUT2D eigenvalue weighted by Crippen LogP contribution is 2.35. The van der Waals surface area contributed by atoms with E-state index in [1.54, 1.807) is 24.3 Å². The monoisotopic (exact) mass is 417 g/mol. The Morgan fingerprint density at radius 2 is 1.00 bits per heavy atom. The van der Waals surface area contributed by atoms with Crippen molar-refractivity contribution in [3.63, 3.8) is 0 Å². The summed E-state index contributed by atoms with van der Waals surface area (Å²) in [4.78, 5) is 13.0. The maximum atomic E-state index is 10.8. The molecule has 0 atom stereocenters. The first-order valence-electron chi connectivity index (χ1n) is 10.2. The lowest BCUT2D eigenvalue weighted by atomic mass is 10.1. The molecule has 0 saturated carbocycles. The quantitative estimate of drug-likeness (QED) is 0.288. The Morgan fingerprint density at radius 1 is 0.562 bits per heavy atom. The van der Waals surface area contributed by atoms with E-state index in [9.17, 15) is 4.79 Å². The first kappa shape index (κ1) is 19.5. The minimum Gasteiger partial charge on any atom is -0.416 e. The Bertz CT molecular complexity index is 1270. The Hall–Kier alpha value is -4.51. The van der Waals surface area contributed by atoms with E-state index in [0.717, 1.165) is 34.5 Å². The van der Waals surface area contributed by atoms with Crippen molar-refractivity contribution in [2.45, 2.75) is 0 Å². The molecule has 0 fully saturated rings. The van der Waals surface area contributed by atoms with Crippen molar-refractivity contribution in [1.82, 2.24) is 10.2 Å². The van der Waals surface area contributed by atoms with Crippen LogP contribution in [0.25, 0.3) is 22.9 Å². The highest BCUT2D eigenvalue weighted by molar-refractivity contribution is 5.78. The molecule has 1 heterocycles. The van der Waals surface area contributed by atoms with E-state index in [1.165, 1.54) is 0 Å². The molecule has 5 heteroatoms. The smallest absolute Gasteiger partial charge is 0.248 e. The Labute approximate surface area is 185 Å². The average Bonchev–Trinajstić information content (AvgIpc) is 3.36. The van der Waals surface area contributed by atoms with Crippen LogP contribution in [0, 0.1) is 0 Å². The first-order chi connectivity index (χ1) is 15.8. The van der Waals surface area contributed by atoms with Gasteiger partial charge in [0.05, 0.1) is 0 Å². The number of hydrogen-bond donors (Lipinski definition) is 0. The van der Waals surface area contributed by atoms with Gasteiger partial charge in [0.25, 0.3) is 0 Å².